The largest absolute Gasteiger partial charge is 0.250 e. The molecule has 0 fully saturated rings. The lowest BCUT2D eigenvalue weighted by Gasteiger charge is -2.02. The maximum Gasteiger partial charge on any atom is 0.149 e. The molecule has 14 heavy (non-hydrogen) atoms. The Kier molecular flexibility index (Phi) is 2.27. The van der Waals surface area contributed by atoms with E-state index in [0.29, 0.717) is 5.69 Å². The molecule has 0 saturated heterocycles. The summed E-state index contributed by atoms with van der Waals surface area (Å²) in [5.41, 5.74) is 2.06. The maximum atomic E-state index is 13.4. The van der Waals surface area contributed by atoms with Gasteiger partial charge in [-0.2, -0.15) is 0 Å². The van der Waals surface area contributed by atoms with Crippen LogP contribution in [0.1, 0.15) is 5.69 Å². The Morgan fingerprint density at radius 1 is 1.00 bits per heavy atom. The molecule has 0 aliphatic carbocycles. The average molecular weight is 187 g/mol. The second-order valence-corrected chi connectivity index (χ2v) is 3.15. The monoisotopic (exact) mass is 187 g/mol. The third-order valence-corrected chi connectivity index (χ3v) is 2.03. The highest BCUT2D eigenvalue weighted by Crippen LogP contribution is 2.19. The van der Waals surface area contributed by atoms with Crippen molar-refractivity contribution in [2.75, 3.05) is 0 Å². The van der Waals surface area contributed by atoms with Crippen LogP contribution in [-0.4, -0.2) is 4.98 Å². The summed E-state index contributed by atoms with van der Waals surface area (Å²) in [6.45, 7) is 1.85. The maximum absolute atomic E-state index is 13.4. The van der Waals surface area contributed by atoms with Crippen LogP contribution in [0, 0.1) is 12.7 Å². The second kappa shape index (κ2) is 3.58. The van der Waals surface area contributed by atoms with Crippen LogP contribution >= 0.6 is 0 Å². The molecule has 0 unspecified atom stereocenters. The summed E-state index contributed by atoms with van der Waals surface area (Å²) in [5.74, 6) is -0.276. The minimum absolute atomic E-state index is 0.276. The van der Waals surface area contributed by atoms with E-state index in [1.165, 1.54) is 6.07 Å². The Labute approximate surface area is 82.2 Å². The van der Waals surface area contributed by atoms with Gasteiger partial charge in [-0.3, -0.25) is 4.98 Å². The van der Waals surface area contributed by atoms with Crippen molar-refractivity contribution in [3.63, 3.8) is 0 Å². The van der Waals surface area contributed by atoms with E-state index in [9.17, 15) is 4.39 Å². The van der Waals surface area contributed by atoms with Gasteiger partial charge in [-0.25, -0.2) is 4.39 Å². The van der Waals surface area contributed by atoms with Gasteiger partial charge >= 0.3 is 0 Å². The minimum atomic E-state index is -0.276. The summed E-state index contributed by atoms with van der Waals surface area (Å²) in [4.78, 5) is 4.17. The smallest absolute Gasteiger partial charge is 0.149 e. The van der Waals surface area contributed by atoms with Gasteiger partial charge in [0.15, 0.2) is 0 Å². The van der Waals surface area contributed by atoms with Crippen LogP contribution < -0.4 is 0 Å². The van der Waals surface area contributed by atoms with E-state index in [-0.39, 0.29) is 5.82 Å². The Morgan fingerprint density at radius 2 is 1.71 bits per heavy atom. The molecule has 2 heteroatoms. The molecule has 1 aromatic heterocycles. The van der Waals surface area contributed by atoms with E-state index < -0.39 is 0 Å². The number of rotatable bonds is 1. The minimum Gasteiger partial charge on any atom is -0.250 e. The molecule has 0 N–H and O–H groups in total. The summed E-state index contributed by atoms with van der Waals surface area (Å²) in [6, 6.07) is 12.5. The average Bonchev–Trinajstić information content (AvgIpc) is 2.23. The third-order valence-electron chi connectivity index (χ3n) is 2.03. The molecule has 1 nitrogen and oxygen atoms in total. The fourth-order valence-electron chi connectivity index (χ4n) is 1.34. The highest BCUT2D eigenvalue weighted by atomic mass is 19.1. The molecule has 1 heterocycles. The lowest BCUT2D eigenvalue weighted by atomic mass is 10.1. The van der Waals surface area contributed by atoms with Crippen LogP contribution in [0.15, 0.2) is 42.5 Å². The molecule has 0 saturated carbocycles. The van der Waals surface area contributed by atoms with Crippen LogP contribution in [-0.2, 0) is 0 Å². The van der Waals surface area contributed by atoms with Crippen molar-refractivity contribution in [1.29, 1.82) is 0 Å². The fourth-order valence-corrected chi connectivity index (χ4v) is 1.34. The number of benzene rings is 1. The van der Waals surface area contributed by atoms with E-state index in [1.54, 1.807) is 6.07 Å². The highest BCUT2D eigenvalue weighted by Gasteiger charge is 2.05. The van der Waals surface area contributed by atoms with Gasteiger partial charge in [-0.1, -0.05) is 30.3 Å². The molecule has 1 aromatic carbocycles. The first-order chi connectivity index (χ1) is 6.77. The van der Waals surface area contributed by atoms with Crippen LogP contribution in [0.4, 0.5) is 4.39 Å². The Bertz CT molecular complexity index is 437. The van der Waals surface area contributed by atoms with Crippen LogP contribution in [0.25, 0.3) is 11.3 Å². The van der Waals surface area contributed by atoms with Gasteiger partial charge in [0.2, 0.25) is 0 Å². The molecule has 70 valence electrons. The molecular formula is C12H10FN. The predicted octanol–water partition coefficient (Wildman–Crippen LogP) is 3.20. The summed E-state index contributed by atoms with van der Waals surface area (Å²) in [6.07, 6.45) is 0. The molecule has 2 rings (SSSR count). The summed E-state index contributed by atoms with van der Waals surface area (Å²) in [5, 5.41) is 0. The number of aryl methyl sites for hydroxylation is 1. The van der Waals surface area contributed by atoms with Crippen molar-refractivity contribution in [2.24, 2.45) is 0 Å². The van der Waals surface area contributed by atoms with E-state index in [0.717, 1.165) is 11.3 Å². The zero-order valence-corrected chi connectivity index (χ0v) is 7.87. The lowest BCUT2D eigenvalue weighted by Crippen LogP contribution is -1.90. The quantitative estimate of drug-likeness (QED) is 0.668. The highest BCUT2D eigenvalue weighted by molar-refractivity contribution is 5.59. The van der Waals surface area contributed by atoms with Gasteiger partial charge in [-0.15, -0.1) is 0 Å². The Morgan fingerprint density at radius 3 is 2.43 bits per heavy atom. The van der Waals surface area contributed by atoms with Gasteiger partial charge in [0.05, 0.1) is 0 Å². The van der Waals surface area contributed by atoms with E-state index >= 15 is 0 Å². The van der Waals surface area contributed by atoms with Crippen molar-refractivity contribution in [2.45, 2.75) is 6.92 Å². The Hall–Kier alpha value is -1.70. The van der Waals surface area contributed by atoms with Crippen molar-refractivity contribution < 1.29 is 4.39 Å². The molecule has 0 atom stereocenters. The van der Waals surface area contributed by atoms with Crippen LogP contribution in [0.3, 0.4) is 0 Å². The summed E-state index contributed by atoms with van der Waals surface area (Å²) < 4.78 is 13.4. The standard InChI is InChI=1S/C12H10FN/c1-9-7-8-11(13)12(14-9)10-5-3-2-4-6-10/h2-8H,1H3. The number of hydrogen-bond acceptors (Lipinski definition) is 1. The Balaban J connectivity index is 2.57. The molecule has 2 aromatic rings. The first-order valence-electron chi connectivity index (χ1n) is 4.46. The van der Waals surface area contributed by atoms with Crippen molar-refractivity contribution in [3.8, 4) is 11.3 Å². The van der Waals surface area contributed by atoms with Gasteiger partial charge in [0, 0.05) is 11.3 Å². The van der Waals surface area contributed by atoms with Gasteiger partial charge < -0.3 is 0 Å². The molecular weight excluding hydrogens is 177 g/mol. The summed E-state index contributed by atoms with van der Waals surface area (Å²) in [7, 11) is 0. The van der Waals surface area contributed by atoms with Crippen molar-refractivity contribution >= 4 is 0 Å². The van der Waals surface area contributed by atoms with Gasteiger partial charge in [0.25, 0.3) is 0 Å². The number of pyridine rings is 1. The van der Waals surface area contributed by atoms with E-state index in [4.69, 9.17) is 0 Å². The van der Waals surface area contributed by atoms with Crippen molar-refractivity contribution in [3.05, 3.63) is 54.0 Å². The van der Waals surface area contributed by atoms with Crippen LogP contribution in [0.5, 0.6) is 0 Å². The van der Waals surface area contributed by atoms with Crippen LogP contribution in [0.2, 0.25) is 0 Å². The third kappa shape index (κ3) is 1.64. The number of aromatic nitrogens is 1. The molecule has 0 aliphatic rings. The molecule has 0 aliphatic heterocycles. The first kappa shape index (κ1) is 8.88. The molecule has 0 radical (unpaired) electrons. The SMILES string of the molecule is Cc1ccc(F)c(-c2ccccc2)n1. The lowest BCUT2D eigenvalue weighted by molar-refractivity contribution is 0.624. The zero-order valence-electron chi connectivity index (χ0n) is 7.87. The molecule has 0 bridgehead atoms. The first-order valence-corrected chi connectivity index (χ1v) is 4.46. The topological polar surface area (TPSA) is 12.9 Å². The zero-order chi connectivity index (χ0) is 9.97. The van der Waals surface area contributed by atoms with E-state index in [1.807, 2.05) is 37.3 Å². The molecule has 0 spiro atoms. The predicted molar refractivity (Wildman–Crippen MR) is 54.4 cm³/mol. The van der Waals surface area contributed by atoms with Crippen molar-refractivity contribution in [1.82, 2.24) is 4.98 Å². The fraction of sp³-hybridized carbons (Fsp3) is 0.0833. The van der Waals surface area contributed by atoms with Gasteiger partial charge in [-0.05, 0) is 19.1 Å². The van der Waals surface area contributed by atoms with E-state index in [2.05, 4.69) is 4.98 Å². The summed E-state index contributed by atoms with van der Waals surface area (Å²) >= 11 is 0. The normalized spacial score (nSPS) is 10.1. The second-order valence-electron chi connectivity index (χ2n) is 3.15. The van der Waals surface area contributed by atoms with Gasteiger partial charge in [0.1, 0.15) is 11.5 Å². The molecule has 0 amide bonds. The number of nitrogens with zero attached hydrogens (tertiary/aromatic N) is 1. The number of hydrogen-bond donors (Lipinski definition) is 0. The number of halogens is 1.